The van der Waals surface area contributed by atoms with Gasteiger partial charge >= 0.3 is 0 Å². The molecule has 0 bridgehead atoms. The Morgan fingerprint density at radius 3 is 1.74 bits per heavy atom. The molecule has 0 fully saturated rings. The Kier molecular flexibility index (Phi) is 6.53. The summed E-state index contributed by atoms with van der Waals surface area (Å²) in [5, 5.41) is 9.62. The van der Waals surface area contributed by atoms with Gasteiger partial charge in [0.1, 0.15) is 11.2 Å². The monoisotopic (exact) mass is 637 g/mol. The molecular formula is C48H31NO. The van der Waals surface area contributed by atoms with Crippen LogP contribution in [-0.4, -0.2) is 0 Å². The van der Waals surface area contributed by atoms with Gasteiger partial charge in [0, 0.05) is 33.2 Å². The average Bonchev–Trinajstić information content (AvgIpc) is 3.57. The molecule has 50 heavy (non-hydrogen) atoms. The summed E-state index contributed by atoms with van der Waals surface area (Å²) in [4.78, 5) is 2.36. The van der Waals surface area contributed by atoms with Gasteiger partial charge in [-0.1, -0.05) is 133 Å². The summed E-state index contributed by atoms with van der Waals surface area (Å²) < 4.78 is 6.39. The van der Waals surface area contributed by atoms with Crippen molar-refractivity contribution in [3.8, 4) is 22.3 Å². The Hall–Kier alpha value is -6.64. The molecule has 2 nitrogen and oxygen atoms in total. The van der Waals surface area contributed by atoms with E-state index in [0.717, 1.165) is 55.5 Å². The first-order chi connectivity index (χ1) is 24.8. The number of hydrogen-bond donors (Lipinski definition) is 0. The van der Waals surface area contributed by atoms with E-state index in [0.29, 0.717) is 0 Å². The zero-order valence-electron chi connectivity index (χ0n) is 27.3. The highest BCUT2D eigenvalue weighted by atomic mass is 16.3. The number of fused-ring (bicyclic) bond motifs is 8. The molecule has 0 saturated heterocycles. The fourth-order valence-corrected chi connectivity index (χ4v) is 7.53. The zero-order chi connectivity index (χ0) is 33.0. The van der Waals surface area contributed by atoms with Crippen molar-refractivity contribution in [3.63, 3.8) is 0 Å². The lowest BCUT2D eigenvalue weighted by molar-refractivity contribution is 0.672. The zero-order valence-corrected chi connectivity index (χ0v) is 27.3. The maximum Gasteiger partial charge on any atom is 0.143 e. The minimum absolute atomic E-state index is 0.908. The van der Waals surface area contributed by atoms with Crippen LogP contribution in [0.4, 0.5) is 17.1 Å². The lowest BCUT2D eigenvalue weighted by Crippen LogP contribution is -2.10. The van der Waals surface area contributed by atoms with Crippen molar-refractivity contribution in [2.24, 2.45) is 0 Å². The fourth-order valence-electron chi connectivity index (χ4n) is 7.53. The molecular weight excluding hydrogens is 607 g/mol. The number of furan rings is 1. The van der Waals surface area contributed by atoms with Crippen molar-refractivity contribution in [1.82, 2.24) is 0 Å². The summed E-state index contributed by atoms with van der Waals surface area (Å²) in [7, 11) is 0. The van der Waals surface area contributed by atoms with Gasteiger partial charge in [0.2, 0.25) is 0 Å². The van der Waals surface area contributed by atoms with Crippen LogP contribution in [0.2, 0.25) is 0 Å². The second-order valence-corrected chi connectivity index (χ2v) is 13.0. The van der Waals surface area contributed by atoms with E-state index in [1.807, 2.05) is 0 Å². The van der Waals surface area contributed by atoms with Crippen molar-refractivity contribution in [2.45, 2.75) is 0 Å². The fraction of sp³-hybridized carbons (Fsp3) is 0. The minimum atomic E-state index is 0.908. The van der Waals surface area contributed by atoms with Gasteiger partial charge in [0.05, 0.1) is 0 Å². The lowest BCUT2D eigenvalue weighted by Gasteiger charge is -2.27. The molecule has 0 unspecified atom stereocenters. The van der Waals surface area contributed by atoms with E-state index in [1.165, 1.54) is 38.1 Å². The number of rotatable bonds is 5. The Labute approximate surface area is 290 Å². The highest BCUT2D eigenvalue weighted by Gasteiger charge is 2.16. The number of hydrogen-bond acceptors (Lipinski definition) is 2. The first-order valence-electron chi connectivity index (χ1n) is 17.1. The molecule has 0 aliphatic heterocycles. The molecule has 10 rings (SSSR count). The third kappa shape index (κ3) is 4.73. The number of anilines is 3. The van der Waals surface area contributed by atoms with Gasteiger partial charge in [-0.15, -0.1) is 0 Å². The molecule has 0 saturated carbocycles. The largest absolute Gasteiger partial charge is 0.455 e. The van der Waals surface area contributed by atoms with Crippen molar-refractivity contribution in [2.75, 3.05) is 4.90 Å². The molecule has 0 amide bonds. The van der Waals surface area contributed by atoms with Gasteiger partial charge < -0.3 is 9.32 Å². The molecule has 2 heteroatoms. The van der Waals surface area contributed by atoms with E-state index in [-0.39, 0.29) is 0 Å². The molecule has 234 valence electrons. The Bertz CT molecular complexity index is 2870. The van der Waals surface area contributed by atoms with Crippen LogP contribution >= 0.6 is 0 Å². The molecule has 1 aromatic heterocycles. The molecule has 0 spiro atoms. The maximum absolute atomic E-state index is 6.39. The standard InChI is InChI=1S/C48H31NO/c1-2-9-32(10-3-1)36-13-8-14-40(29-36)49(41-25-27-43-38(30-41)18-17-34-11-4-6-15-42(34)43)39-23-19-33(20-24-39)37-22-28-47-46(31-37)45-26-21-35-12-5-7-16-44(35)48(45)50-47/h1-31H. The second-order valence-electron chi connectivity index (χ2n) is 13.0. The van der Waals surface area contributed by atoms with Crippen molar-refractivity contribution >= 4 is 71.3 Å². The van der Waals surface area contributed by atoms with Gasteiger partial charge in [-0.05, 0) is 104 Å². The first kappa shape index (κ1) is 28.4. The molecule has 0 atom stereocenters. The second kappa shape index (κ2) is 11.5. The highest BCUT2D eigenvalue weighted by molar-refractivity contribution is 6.15. The molecule has 9 aromatic carbocycles. The van der Waals surface area contributed by atoms with Gasteiger partial charge in [-0.3, -0.25) is 0 Å². The van der Waals surface area contributed by atoms with E-state index in [1.54, 1.807) is 0 Å². The summed E-state index contributed by atoms with van der Waals surface area (Å²) in [6.45, 7) is 0. The van der Waals surface area contributed by atoms with Gasteiger partial charge in [-0.2, -0.15) is 0 Å². The summed E-state index contributed by atoms with van der Waals surface area (Å²) in [6.07, 6.45) is 0. The SMILES string of the molecule is c1ccc(-c2cccc(N(c3ccc(-c4ccc5oc6c7ccccc7ccc6c5c4)cc3)c3ccc4c(ccc5ccccc54)c3)c2)cc1. The van der Waals surface area contributed by atoms with Crippen LogP contribution in [-0.2, 0) is 0 Å². The Balaban J connectivity index is 1.09. The van der Waals surface area contributed by atoms with Crippen LogP contribution in [0.3, 0.4) is 0 Å². The number of benzene rings is 9. The van der Waals surface area contributed by atoms with Crippen molar-refractivity contribution < 1.29 is 4.42 Å². The summed E-state index contributed by atoms with van der Waals surface area (Å²) in [5.74, 6) is 0. The predicted molar refractivity (Wildman–Crippen MR) is 212 cm³/mol. The third-order valence-corrected chi connectivity index (χ3v) is 10.0. The molecule has 0 radical (unpaired) electrons. The normalized spacial score (nSPS) is 11.6. The molecule has 10 aromatic rings. The summed E-state index contributed by atoms with van der Waals surface area (Å²) >= 11 is 0. The Morgan fingerprint density at radius 1 is 0.300 bits per heavy atom. The van der Waals surface area contributed by atoms with Crippen LogP contribution in [0.25, 0.3) is 76.5 Å². The molecule has 0 aliphatic carbocycles. The quantitative estimate of drug-likeness (QED) is 0.175. The number of nitrogens with zero attached hydrogens (tertiary/aromatic N) is 1. The van der Waals surface area contributed by atoms with Gasteiger partial charge in [0.25, 0.3) is 0 Å². The smallest absolute Gasteiger partial charge is 0.143 e. The van der Waals surface area contributed by atoms with Crippen LogP contribution in [0, 0.1) is 0 Å². The van der Waals surface area contributed by atoms with Crippen molar-refractivity contribution in [1.29, 1.82) is 0 Å². The Morgan fingerprint density at radius 2 is 0.880 bits per heavy atom. The summed E-state index contributed by atoms with van der Waals surface area (Å²) in [6, 6.07) is 67.6. The van der Waals surface area contributed by atoms with Crippen LogP contribution in [0.1, 0.15) is 0 Å². The van der Waals surface area contributed by atoms with Gasteiger partial charge in [0.15, 0.2) is 0 Å². The topological polar surface area (TPSA) is 16.4 Å². The van der Waals surface area contributed by atoms with E-state index >= 15 is 0 Å². The summed E-state index contributed by atoms with van der Waals surface area (Å²) in [5.41, 5.74) is 9.88. The van der Waals surface area contributed by atoms with Crippen LogP contribution < -0.4 is 4.90 Å². The van der Waals surface area contributed by atoms with Gasteiger partial charge in [-0.25, -0.2) is 0 Å². The van der Waals surface area contributed by atoms with Crippen LogP contribution in [0.5, 0.6) is 0 Å². The maximum atomic E-state index is 6.39. The van der Waals surface area contributed by atoms with Crippen molar-refractivity contribution in [3.05, 3.63) is 188 Å². The van der Waals surface area contributed by atoms with E-state index in [4.69, 9.17) is 4.42 Å². The van der Waals surface area contributed by atoms with E-state index in [2.05, 4.69) is 193 Å². The average molecular weight is 638 g/mol. The highest BCUT2D eigenvalue weighted by Crippen LogP contribution is 2.41. The van der Waals surface area contributed by atoms with Crippen LogP contribution in [0.15, 0.2) is 192 Å². The molecule has 0 aliphatic rings. The third-order valence-electron chi connectivity index (χ3n) is 10.0. The predicted octanol–water partition coefficient (Wildman–Crippen LogP) is 13.8. The molecule has 0 N–H and O–H groups in total. The first-order valence-corrected chi connectivity index (χ1v) is 17.1. The molecule has 1 heterocycles. The van der Waals surface area contributed by atoms with E-state index < -0.39 is 0 Å². The minimum Gasteiger partial charge on any atom is -0.455 e. The van der Waals surface area contributed by atoms with E-state index in [9.17, 15) is 0 Å². The lowest BCUT2D eigenvalue weighted by atomic mass is 10.00.